The third-order valence-electron chi connectivity index (χ3n) is 8.26. The van der Waals surface area contributed by atoms with Gasteiger partial charge in [0.1, 0.15) is 0 Å². The molecule has 8 heteroatoms. The topological polar surface area (TPSA) is 0 Å². The van der Waals surface area contributed by atoms with E-state index in [9.17, 15) is 35.1 Å². The fraction of sp³-hybridized carbons (Fsp3) is 1.00. The average Bonchev–Trinajstić information content (AvgIpc) is 3.81. The molecular weight excluding hydrogens is 801 g/mol. The zero-order valence-corrected chi connectivity index (χ0v) is 46.6. The van der Waals surface area contributed by atoms with Crippen molar-refractivity contribution in [1.82, 2.24) is 0 Å². The van der Waals surface area contributed by atoms with Crippen molar-refractivity contribution in [3.63, 3.8) is 0 Å². The first-order valence-electron chi connectivity index (χ1n) is 25.1. The van der Waals surface area contributed by atoms with Crippen molar-refractivity contribution in [2.75, 3.05) is 0 Å². The summed E-state index contributed by atoms with van der Waals surface area (Å²) >= 11 is 0. The summed E-state index contributed by atoms with van der Waals surface area (Å²) in [6, 6.07) is 0. The maximum absolute atomic E-state index is 11.4. The van der Waals surface area contributed by atoms with Crippen molar-refractivity contribution in [3.05, 3.63) is 0 Å². The van der Waals surface area contributed by atoms with E-state index in [0.717, 1.165) is 59.2 Å². The molecule has 1 saturated carbocycles. The molecule has 0 aromatic rings. The second kappa shape index (κ2) is 49.9. The van der Waals surface area contributed by atoms with Gasteiger partial charge in [-0.3, -0.25) is 0 Å². The minimum absolute atomic E-state index is 0.0278. The van der Waals surface area contributed by atoms with Crippen LogP contribution in [0.25, 0.3) is 0 Å². The fourth-order valence-corrected chi connectivity index (χ4v) is 4.48. The van der Waals surface area contributed by atoms with Gasteiger partial charge in [-0.1, -0.05) is 219 Å². The van der Waals surface area contributed by atoms with Gasteiger partial charge in [0.15, 0.2) is 0 Å². The minimum Gasteiger partial charge on any atom is -0.211 e. The third kappa shape index (κ3) is 145. The van der Waals surface area contributed by atoms with Gasteiger partial charge >= 0.3 is 12.4 Å². The Balaban J connectivity index is -0.0000000887. The Morgan fingerprint density at radius 3 is 0.742 bits per heavy atom. The smallest absolute Gasteiger partial charge is 0.211 e. The van der Waals surface area contributed by atoms with Crippen LogP contribution in [0, 0.1) is 76.9 Å². The number of hydrogen-bond acceptors (Lipinski definition) is 0. The first-order chi connectivity index (χ1) is 27.6. The summed E-state index contributed by atoms with van der Waals surface area (Å²) in [5.41, 5.74) is 0. The SMILES string of the molecule is CC(C)C.CC(C)C(C)C.CC(C)CC(C)C.CC(C)CC(F)(F)F.CC(C)CC(F)F.CC(C)CC1CC1.CC(C)CCC(C)C.CC(C)CCC(F)(F)F.CCCC(C)C. The molecule has 0 aliphatic heterocycles. The molecule has 0 N–H and O–H groups in total. The highest BCUT2D eigenvalue weighted by molar-refractivity contribution is 4.73. The van der Waals surface area contributed by atoms with Crippen LogP contribution < -0.4 is 0 Å². The molecule has 1 aliphatic rings. The molecule has 0 unspecified atom stereocenters. The molecule has 0 aromatic heterocycles. The summed E-state index contributed by atoms with van der Waals surface area (Å²) in [5, 5.41) is 0. The summed E-state index contributed by atoms with van der Waals surface area (Å²) in [5.74, 6) is 9.01. The summed E-state index contributed by atoms with van der Waals surface area (Å²) in [6.07, 6.45) is 0.211. The highest BCUT2D eigenvalue weighted by atomic mass is 19.4. The van der Waals surface area contributed by atoms with Crippen LogP contribution in [0.1, 0.15) is 257 Å². The van der Waals surface area contributed by atoms with Crippen LogP contribution in [0.5, 0.6) is 0 Å². The van der Waals surface area contributed by atoms with Crippen LogP contribution in [0.15, 0.2) is 0 Å². The van der Waals surface area contributed by atoms with Crippen LogP contribution >= 0.6 is 0 Å². The molecule has 0 amide bonds. The Morgan fingerprint density at radius 1 is 0.387 bits per heavy atom. The molecule has 0 atom stereocenters. The number of hydrogen-bond donors (Lipinski definition) is 0. The van der Waals surface area contributed by atoms with E-state index in [4.69, 9.17) is 0 Å². The maximum Gasteiger partial charge on any atom is 0.389 e. The molecule has 1 aliphatic carbocycles. The standard InChI is InChI=1S/C8H18.C7H14.C7H16.C6H11F3.2C6H14.C5H9F3.C5H10F2.C4H10/c1-7(2)5-6-8(3)4;1-6(2)5-7-3-4-7;1-6(2)5-7(3)4;1-5(2)3-4-6(7,8)9;1-5(2)6(3)4;1-4-5-6(2)3;1-4(2)3-5(6,7)8;1-4(2)3-5(6)7;1-4(2)3/h7-8H,5-6H2,1-4H3;6-7H,3-5H2,1-2H3;6-7H,5H2,1-4H3;5H,3-4H2,1-2H3;5-6H,1-4H3;6H,4-5H2,1-3H3;4H,3H2,1-2H3;4-5H,3H2,1-2H3;4H,1-3H3. The van der Waals surface area contributed by atoms with Crippen molar-refractivity contribution in [2.45, 2.75) is 276 Å². The summed E-state index contributed by atoms with van der Waals surface area (Å²) in [6.45, 7) is 55.2. The first-order valence-corrected chi connectivity index (χ1v) is 25.1. The summed E-state index contributed by atoms with van der Waals surface area (Å²) < 4.78 is 90.7. The van der Waals surface area contributed by atoms with Crippen molar-refractivity contribution >= 4 is 0 Å². The molecule has 0 saturated heterocycles. The molecular formula is C54H116F8. The second-order valence-corrected chi connectivity index (χ2v) is 22.6. The molecule has 62 heavy (non-hydrogen) atoms. The van der Waals surface area contributed by atoms with Gasteiger partial charge in [-0.2, -0.15) is 26.3 Å². The minimum atomic E-state index is -3.98. The Hall–Kier alpha value is -0.560. The summed E-state index contributed by atoms with van der Waals surface area (Å²) in [7, 11) is 0. The van der Waals surface area contributed by atoms with E-state index >= 15 is 0 Å². The Morgan fingerprint density at radius 2 is 0.694 bits per heavy atom. The number of rotatable bonds is 15. The average molecular weight is 918 g/mol. The predicted molar refractivity (Wildman–Crippen MR) is 266 cm³/mol. The normalized spacial score (nSPS) is 12.4. The van der Waals surface area contributed by atoms with Crippen LogP contribution in [0.3, 0.4) is 0 Å². The first kappa shape index (κ1) is 78.6. The van der Waals surface area contributed by atoms with E-state index in [1.807, 2.05) is 0 Å². The van der Waals surface area contributed by atoms with Gasteiger partial charge < -0.3 is 0 Å². The molecule has 0 aromatic carbocycles. The lowest BCUT2D eigenvalue weighted by Gasteiger charge is -2.07. The molecule has 0 radical (unpaired) electrons. The highest BCUT2D eigenvalue weighted by Gasteiger charge is 2.28. The van der Waals surface area contributed by atoms with Crippen molar-refractivity contribution in [3.8, 4) is 0 Å². The van der Waals surface area contributed by atoms with E-state index in [2.05, 4.69) is 138 Å². The molecule has 0 nitrogen and oxygen atoms in total. The molecule has 0 spiro atoms. The van der Waals surface area contributed by atoms with E-state index in [-0.39, 0.29) is 30.6 Å². The molecule has 0 heterocycles. The van der Waals surface area contributed by atoms with Gasteiger partial charge in [0, 0.05) is 19.3 Å². The lowest BCUT2D eigenvalue weighted by Crippen LogP contribution is -2.10. The Bertz CT molecular complexity index is 727. The maximum atomic E-state index is 11.4. The number of alkyl halides is 8. The third-order valence-corrected chi connectivity index (χ3v) is 8.26. The monoisotopic (exact) mass is 917 g/mol. The zero-order valence-electron chi connectivity index (χ0n) is 46.6. The highest BCUT2D eigenvalue weighted by Crippen LogP contribution is 2.34. The van der Waals surface area contributed by atoms with Gasteiger partial charge in [0.25, 0.3) is 0 Å². The largest absolute Gasteiger partial charge is 0.389 e. The lowest BCUT2D eigenvalue weighted by molar-refractivity contribution is -0.142. The van der Waals surface area contributed by atoms with E-state index < -0.39 is 31.6 Å². The van der Waals surface area contributed by atoms with Gasteiger partial charge in [-0.15, -0.1) is 0 Å². The van der Waals surface area contributed by atoms with Crippen LogP contribution in [-0.4, -0.2) is 18.8 Å². The van der Waals surface area contributed by atoms with Crippen molar-refractivity contribution in [1.29, 1.82) is 0 Å². The second-order valence-electron chi connectivity index (χ2n) is 22.6. The Labute approximate surface area is 386 Å². The molecule has 0 bridgehead atoms. The summed E-state index contributed by atoms with van der Waals surface area (Å²) in [4.78, 5) is 0. The zero-order chi connectivity index (χ0) is 51.6. The molecule has 388 valence electrons. The van der Waals surface area contributed by atoms with E-state index in [1.165, 1.54) is 51.4 Å². The van der Waals surface area contributed by atoms with Crippen molar-refractivity contribution in [2.24, 2.45) is 76.9 Å². The van der Waals surface area contributed by atoms with Gasteiger partial charge in [0.05, 0.1) is 0 Å². The van der Waals surface area contributed by atoms with Gasteiger partial charge in [-0.25, -0.2) is 8.78 Å². The van der Waals surface area contributed by atoms with Gasteiger partial charge in [0.2, 0.25) is 6.43 Å². The number of halogens is 8. The molecule has 1 rings (SSSR count). The van der Waals surface area contributed by atoms with Gasteiger partial charge in [-0.05, 0) is 96.2 Å². The lowest BCUT2D eigenvalue weighted by atomic mass is 10.0. The van der Waals surface area contributed by atoms with Crippen molar-refractivity contribution < 1.29 is 35.1 Å². The van der Waals surface area contributed by atoms with Crippen LogP contribution in [0.2, 0.25) is 0 Å². The predicted octanol–water partition coefficient (Wildman–Crippen LogP) is 22.5. The van der Waals surface area contributed by atoms with Crippen LogP contribution in [-0.2, 0) is 0 Å². The van der Waals surface area contributed by atoms with E-state index in [0.29, 0.717) is 0 Å². The quantitative estimate of drug-likeness (QED) is 0.144. The fourth-order valence-electron chi connectivity index (χ4n) is 4.48. The van der Waals surface area contributed by atoms with E-state index in [1.54, 1.807) is 41.5 Å². The Kier molecular flexibility index (Phi) is 63.2. The van der Waals surface area contributed by atoms with Crippen LogP contribution in [0.4, 0.5) is 35.1 Å². The molecule has 1 fully saturated rings.